The van der Waals surface area contributed by atoms with Crippen molar-refractivity contribution in [1.29, 1.82) is 0 Å². The number of amides is 2. The van der Waals surface area contributed by atoms with Gasteiger partial charge in [0.1, 0.15) is 5.82 Å². The summed E-state index contributed by atoms with van der Waals surface area (Å²) in [6.45, 7) is 0.191. The molecule has 0 heterocycles. The van der Waals surface area contributed by atoms with E-state index in [1.54, 1.807) is 31.3 Å². The molecule has 4 bridgehead atoms. The number of halogens is 1. The molecule has 4 saturated carbocycles. The van der Waals surface area contributed by atoms with Gasteiger partial charge in [-0.3, -0.25) is 9.59 Å². The fourth-order valence-corrected chi connectivity index (χ4v) is 7.51. The highest BCUT2D eigenvalue weighted by Crippen LogP contribution is 2.55. The molecule has 0 radical (unpaired) electrons. The van der Waals surface area contributed by atoms with Crippen LogP contribution in [0.4, 0.5) is 4.39 Å². The maximum atomic E-state index is 14.0. The Balaban J connectivity index is 1.21. The molecule has 0 aliphatic heterocycles. The van der Waals surface area contributed by atoms with Crippen LogP contribution in [0, 0.1) is 23.6 Å². The van der Waals surface area contributed by atoms with Gasteiger partial charge in [-0.05, 0) is 74.5 Å². The lowest BCUT2D eigenvalue weighted by molar-refractivity contribution is -0.124. The summed E-state index contributed by atoms with van der Waals surface area (Å²) in [5.74, 6) is 2.21. The molecule has 2 aromatic rings. The first-order valence-corrected chi connectivity index (χ1v) is 12.9. The molecule has 4 aliphatic carbocycles. The molecule has 4 aliphatic rings. The Labute approximate surface area is 199 Å². The van der Waals surface area contributed by atoms with Gasteiger partial charge in [-0.25, -0.2) is 4.39 Å². The molecular formula is C27H31FN2O2S. The molecule has 174 valence electrons. The van der Waals surface area contributed by atoms with Gasteiger partial charge < -0.3 is 10.2 Å². The smallest absolute Gasteiger partial charge is 0.255 e. The van der Waals surface area contributed by atoms with Crippen LogP contribution in [-0.2, 0) is 11.3 Å². The second-order valence-electron chi connectivity index (χ2n) is 10.3. The Morgan fingerprint density at radius 3 is 2.27 bits per heavy atom. The summed E-state index contributed by atoms with van der Waals surface area (Å²) in [5.41, 5.74) is 1.03. The molecular weight excluding hydrogens is 435 g/mol. The maximum absolute atomic E-state index is 14.0. The first kappa shape index (κ1) is 22.5. The zero-order valence-electron chi connectivity index (χ0n) is 19.1. The number of carbonyl (C=O) groups excluding carboxylic acids is 2. The van der Waals surface area contributed by atoms with Crippen LogP contribution in [0.5, 0.6) is 0 Å². The van der Waals surface area contributed by atoms with Crippen molar-refractivity contribution < 1.29 is 14.0 Å². The highest BCUT2D eigenvalue weighted by molar-refractivity contribution is 8.00. The molecule has 1 N–H and O–H groups in total. The Kier molecular flexibility index (Phi) is 6.21. The summed E-state index contributed by atoms with van der Waals surface area (Å²) in [7, 11) is 1.68. The zero-order chi connectivity index (χ0) is 23.0. The molecule has 0 unspecified atom stereocenters. The molecule has 4 fully saturated rings. The highest BCUT2D eigenvalue weighted by Gasteiger charge is 2.51. The zero-order valence-corrected chi connectivity index (χ0v) is 19.9. The number of hydrogen-bond acceptors (Lipinski definition) is 3. The van der Waals surface area contributed by atoms with Crippen molar-refractivity contribution in [3.63, 3.8) is 0 Å². The number of thioether (sulfide) groups is 1. The minimum absolute atomic E-state index is 0.00169. The Morgan fingerprint density at radius 2 is 1.61 bits per heavy atom. The minimum atomic E-state index is -0.318. The van der Waals surface area contributed by atoms with Crippen LogP contribution in [0.3, 0.4) is 0 Å². The first-order chi connectivity index (χ1) is 15.9. The van der Waals surface area contributed by atoms with E-state index < -0.39 is 0 Å². The number of nitrogens with one attached hydrogen (secondary N) is 1. The van der Waals surface area contributed by atoms with Crippen LogP contribution in [0.25, 0.3) is 0 Å². The van der Waals surface area contributed by atoms with E-state index >= 15 is 0 Å². The Bertz CT molecular complexity index is 1020. The molecule has 0 spiro atoms. The van der Waals surface area contributed by atoms with Gasteiger partial charge in [0.2, 0.25) is 5.91 Å². The normalized spacial score (nSPS) is 27.4. The molecule has 0 aromatic heterocycles. The predicted molar refractivity (Wildman–Crippen MR) is 128 cm³/mol. The van der Waals surface area contributed by atoms with Crippen LogP contribution >= 0.6 is 11.8 Å². The summed E-state index contributed by atoms with van der Waals surface area (Å²) in [6.07, 6.45) is 7.43. The van der Waals surface area contributed by atoms with Gasteiger partial charge in [-0.15, -0.1) is 11.8 Å². The average molecular weight is 467 g/mol. The van der Waals surface area contributed by atoms with Crippen molar-refractivity contribution in [2.75, 3.05) is 12.8 Å². The largest absolute Gasteiger partial charge is 0.350 e. The predicted octanol–water partition coefficient (Wildman–Crippen LogP) is 5.28. The van der Waals surface area contributed by atoms with Gasteiger partial charge in [-0.1, -0.05) is 30.3 Å². The molecule has 6 rings (SSSR count). The SMILES string of the molecule is CN(Cc1ccccc1F)C(=O)c1ccccc1SCC(=O)NC12CC3CC(CC(C3)C1)C2. The molecule has 4 nitrogen and oxygen atoms in total. The lowest BCUT2D eigenvalue weighted by Gasteiger charge is -2.56. The number of benzene rings is 2. The lowest BCUT2D eigenvalue weighted by Crippen LogP contribution is -2.60. The van der Waals surface area contributed by atoms with Crippen LogP contribution in [0.15, 0.2) is 53.4 Å². The third kappa shape index (κ3) is 4.81. The summed E-state index contributed by atoms with van der Waals surface area (Å²) in [6, 6.07) is 13.9. The quantitative estimate of drug-likeness (QED) is 0.565. The van der Waals surface area contributed by atoms with Crippen LogP contribution < -0.4 is 5.32 Å². The molecule has 0 saturated heterocycles. The standard InChI is InChI=1S/C27H31FN2O2S/c1-30(16-21-6-2-4-8-23(21)28)26(32)22-7-3-5-9-24(22)33-17-25(31)29-27-13-18-10-19(14-27)12-20(11-18)15-27/h2-9,18-20H,10-17H2,1H3,(H,29,31). The van der Waals surface area contributed by atoms with Gasteiger partial charge in [0, 0.05) is 29.6 Å². The topological polar surface area (TPSA) is 49.4 Å². The van der Waals surface area contributed by atoms with E-state index in [1.807, 2.05) is 18.2 Å². The first-order valence-electron chi connectivity index (χ1n) is 11.9. The van der Waals surface area contributed by atoms with Gasteiger partial charge in [0.15, 0.2) is 0 Å². The van der Waals surface area contributed by atoms with Crippen LogP contribution in [0.1, 0.15) is 54.4 Å². The maximum Gasteiger partial charge on any atom is 0.255 e. The molecule has 0 atom stereocenters. The second kappa shape index (κ2) is 9.13. The van der Waals surface area contributed by atoms with E-state index in [4.69, 9.17) is 0 Å². The average Bonchev–Trinajstić information content (AvgIpc) is 2.77. The van der Waals surface area contributed by atoms with E-state index in [9.17, 15) is 14.0 Å². The van der Waals surface area contributed by atoms with E-state index in [2.05, 4.69) is 5.32 Å². The second-order valence-corrected chi connectivity index (χ2v) is 11.3. The number of hydrogen-bond donors (Lipinski definition) is 1. The Hall–Kier alpha value is -2.34. The fourth-order valence-electron chi connectivity index (χ4n) is 6.67. The number of nitrogens with zero attached hydrogens (tertiary/aromatic N) is 1. The van der Waals surface area contributed by atoms with E-state index in [0.717, 1.165) is 41.9 Å². The number of carbonyl (C=O) groups is 2. The number of rotatable bonds is 7. The summed E-state index contributed by atoms with van der Waals surface area (Å²) in [4.78, 5) is 28.3. The van der Waals surface area contributed by atoms with E-state index in [1.165, 1.54) is 42.0 Å². The lowest BCUT2D eigenvalue weighted by atomic mass is 9.53. The Morgan fingerprint density at radius 1 is 1.00 bits per heavy atom. The van der Waals surface area contributed by atoms with Crippen molar-refractivity contribution in [2.24, 2.45) is 17.8 Å². The molecule has 2 amide bonds. The van der Waals surface area contributed by atoms with E-state index in [-0.39, 0.29) is 29.7 Å². The molecule has 2 aromatic carbocycles. The summed E-state index contributed by atoms with van der Waals surface area (Å²) < 4.78 is 14.0. The van der Waals surface area contributed by atoms with E-state index in [0.29, 0.717) is 16.9 Å². The highest BCUT2D eigenvalue weighted by atomic mass is 32.2. The van der Waals surface area contributed by atoms with Crippen molar-refractivity contribution in [1.82, 2.24) is 10.2 Å². The van der Waals surface area contributed by atoms with Crippen molar-refractivity contribution in [2.45, 2.75) is 55.5 Å². The fraction of sp³-hybridized carbons (Fsp3) is 0.481. The third-order valence-corrected chi connectivity index (χ3v) is 8.70. The van der Waals surface area contributed by atoms with Gasteiger partial charge in [0.05, 0.1) is 11.3 Å². The molecule has 33 heavy (non-hydrogen) atoms. The van der Waals surface area contributed by atoms with Crippen LogP contribution in [-0.4, -0.2) is 35.1 Å². The van der Waals surface area contributed by atoms with Gasteiger partial charge in [-0.2, -0.15) is 0 Å². The summed E-state index contributed by atoms with van der Waals surface area (Å²) in [5, 5.41) is 3.41. The van der Waals surface area contributed by atoms with Crippen LogP contribution in [0.2, 0.25) is 0 Å². The van der Waals surface area contributed by atoms with Crippen molar-refractivity contribution in [3.8, 4) is 0 Å². The van der Waals surface area contributed by atoms with Gasteiger partial charge >= 0.3 is 0 Å². The van der Waals surface area contributed by atoms with Crippen molar-refractivity contribution in [3.05, 3.63) is 65.5 Å². The monoisotopic (exact) mass is 466 g/mol. The summed E-state index contributed by atoms with van der Waals surface area (Å²) >= 11 is 1.41. The molecule has 6 heteroatoms. The van der Waals surface area contributed by atoms with Crippen molar-refractivity contribution >= 4 is 23.6 Å². The third-order valence-electron chi connectivity index (χ3n) is 7.63. The minimum Gasteiger partial charge on any atom is -0.350 e. The van der Waals surface area contributed by atoms with Gasteiger partial charge in [0.25, 0.3) is 5.91 Å².